The SMILES string of the molecule is Nc1c(Nc2cccc(Br)c2)ncnc1Nc1cc(F)ccc1F. The van der Waals surface area contributed by atoms with E-state index in [4.69, 9.17) is 5.73 Å². The Morgan fingerprint density at radius 2 is 1.71 bits per heavy atom. The van der Waals surface area contributed by atoms with Gasteiger partial charge in [0.1, 0.15) is 23.6 Å². The molecule has 24 heavy (non-hydrogen) atoms. The van der Waals surface area contributed by atoms with Crippen LogP contribution >= 0.6 is 15.9 Å². The number of nitrogen functional groups attached to an aromatic ring is 1. The van der Waals surface area contributed by atoms with Crippen molar-refractivity contribution < 1.29 is 8.78 Å². The topological polar surface area (TPSA) is 75.9 Å². The molecule has 1 aromatic heterocycles. The van der Waals surface area contributed by atoms with Crippen LogP contribution < -0.4 is 16.4 Å². The van der Waals surface area contributed by atoms with E-state index in [-0.39, 0.29) is 17.2 Å². The molecule has 0 fully saturated rings. The molecule has 122 valence electrons. The van der Waals surface area contributed by atoms with Crippen LogP contribution in [0.15, 0.2) is 53.3 Å². The fourth-order valence-corrected chi connectivity index (χ4v) is 2.42. The Balaban J connectivity index is 1.89. The van der Waals surface area contributed by atoms with Gasteiger partial charge in [0.05, 0.1) is 5.69 Å². The Hall–Kier alpha value is -2.74. The van der Waals surface area contributed by atoms with E-state index in [0.717, 1.165) is 28.4 Å². The van der Waals surface area contributed by atoms with Gasteiger partial charge in [-0.25, -0.2) is 18.7 Å². The highest BCUT2D eigenvalue weighted by Gasteiger charge is 2.11. The first-order chi connectivity index (χ1) is 11.5. The lowest BCUT2D eigenvalue weighted by Gasteiger charge is -2.13. The second-order valence-corrected chi connectivity index (χ2v) is 5.78. The summed E-state index contributed by atoms with van der Waals surface area (Å²) >= 11 is 3.37. The number of nitrogens with one attached hydrogen (secondary N) is 2. The van der Waals surface area contributed by atoms with Crippen LogP contribution in [0, 0.1) is 11.6 Å². The van der Waals surface area contributed by atoms with Crippen molar-refractivity contribution in [3.63, 3.8) is 0 Å². The monoisotopic (exact) mass is 391 g/mol. The van der Waals surface area contributed by atoms with Crippen molar-refractivity contribution in [2.75, 3.05) is 16.4 Å². The molecule has 0 aliphatic rings. The lowest BCUT2D eigenvalue weighted by Crippen LogP contribution is -2.06. The molecule has 8 heteroatoms. The van der Waals surface area contributed by atoms with Gasteiger partial charge in [-0.15, -0.1) is 0 Å². The summed E-state index contributed by atoms with van der Waals surface area (Å²) in [7, 11) is 0. The number of anilines is 5. The molecule has 0 amide bonds. The first-order valence-electron chi connectivity index (χ1n) is 6.88. The molecule has 0 aliphatic heterocycles. The number of rotatable bonds is 4. The number of aromatic nitrogens is 2. The number of nitrogens with two attached hydrogens (primary N) is 1. The zero-order chi connectivity index (χ0) is 17.1. The number of nitrogens with zero attached hydrogens (tertiary/aromatic N) is 2. The van der Waals surface area contributed by atoms with Crippen LogP contribution in [0.4, 0.5) is 37.5 Å². The molecule has 3 rings (SSSR count). The highest BCUT2D eigenvalue weighted by Crippen LogP contribution is 2.29. The van der Waals surface area contributed by atoms with E-state index >= 15 is 0 Å². The van der Waals surface area contributed by atoms with Crippen molar-refractivity contribution >= 4 is 44.6 Å². The van der Waals surface area contributed by atoms with Gasteiger partial charge in [-0.1, -0.05) is 22.0 Å². The van der Waals surface area contributed by atoms with Crippen molar-refractivity contribution in [2.45, 2.75) is 0 Å². The molecule has 0 bridgehead atoms. The Morgan fingerprint density at radius 3 is 2.46 bits per heavy atom. The molecule has 2 aromatic carbocycles. The van der Waals surface area contributed by atoms with Gasteiger partial charge in [0, 0.05) is 16.2 Å². The zero-order valence-electron chi connectivity index (χ0n) is 12.2. The van der Waals surface area contributed by atoms with Crippen molar-refractivity contribution in [3.05, 3.63) is 64.9 Å². The average Bonchev–Trinajstić information content (AvgIpc) is 2.55. The summed E-state index contributed by atoms with van der Waals surface area (Å²) in [5.74, 6) is -0.663. The molecule has 0 aliphatic carbocycles. The molecule has 3 aromatic rings. The third-order valence-electron chi connectivity index (χ3n) is 3.15. The smallest absolute Gasteiger partial charge is 0.159 e. The lowest BCUT2D eigenvalue weighted by molar-refractivity contribution is 0.603. The minimum absolute atomic E-state index is 0.0613. The summed E-state index contributed by atoms with van der Waals surface area (Å²) < 4.78 is 27.9. The van der Waals surface area contributed by atoms with Gasteiger partial charge in [0.15, 0.2) is 11.6 Å². The molecule has 4 N–H and O–H groups in total. The van der Waals surface area contributed by atoms with E-state index in [1.165, 1.54) is 6.33 Å². The molecular formula is C16H12BrF2N5. The number of halogens is 3. The average molecular weight is 392 g/mol. The predicted octanol–water partition coefficient (Wildman–Crippen LogP) is 4.59. The van der Waals surface area contributed by atoms with E-state index in [1.54, 1.807) is 0 Å². The van der Waals surface area contributed by atoms with E-state index in [0.29, 0.717) is 5.82 Å². The number of benzene rings is 2. The van der Waals surface area contributed by atoms with Crippen LogP contribution in [0.3, 0.4) is 0 Å². The van der Waals surface area contributed by atoms with Crippen LogP contribution in [0.25, 0.3) is 0 Å². The Morgan fingerprint density at radius 1 is 0.958 bits per heavy atom. The quantitative estimate of drug-likeness (QED) is 0.606. The maximum absolute atomic E-state index is 13.7. The predicted molar refractivity (Wildman–Crippen MR) is 93.5 cm³/mol. The highest BCUT2D eigenvalue weighted by molar-refractivity contribution is 9.10. The van der Waals surface area contributed by atoms with E-state index in [2.05, 4.69) is 36.5 Å². The van der Waals surface area contributed by atoms with Gasteiger partial charge < -0.3 is 16.4 Å². The van der Waals surface area contributed by atoms with Gasteiger partial charge in [0.25, 0.3) is 0 Å². The van der Waals surface area contributed by atoms with Gasteiger partial charge >= 0.3 is 0 Å². The Bertz CT molecular complexity index is 888. The van der Waals surface area contributed by atoms with E-state index in [1.807, 2.05) is 24.3 Å². The molecule has 0 unspecified atom stereocenters. The zero-order valence-corrected chi connectivity index (χ0v) is 13.8. The van der Waals surface area contributed by atoms with Gasteiger partial charge in [-0.2, -0.15) is 0 Å². The fourth-order valence-electron chi connectivity index (χ4n) is 2.02. The number of hydrogen-bond donors (Lipinski definition) is 3. The van der Waals surface area contributed by atoms with Crippen molar-refractivity contribution in [1.82, 2.24) is 9.97 Å². The van der Waals surface area contributed by atoms with Crippen molar-refractivity contribution in [1.29, 1.82) is 0 Å². The lowest BCUT2D eigenvalue weighted by atomic mass is 10.3. The Kier molecular flexibility index (Phi) is 4.57. The standard InChI is InChI=1S/C16H12BrF2N5/c17-9-2-1-3-11(6-9)23-15-14(20)16(22-8-21-15)24-13-7-10(18)4-5-12(13)19/h1-8H,20H2,(H2,21,22,23,24). The minimum Gasteiger partial charge on any atom is -0.393 e. The second kappa shape index (κ2) is 6.79. The Labute approximate surface area is 145 Å². The van der Waals surface area contributed by atoms with Crippen LogP contribution in [0.2, 0.25) is 0 Å². The van der Waals surface area contributed by atoms with Crippen molar-refractivity contribution in [2.24, 2.45) is 0 Å². The normalized spacial score (nSPS) is 10.5. The van der Waals surface area contributed by atoms with Crippen LogP contribution in [-0.2, 0) is 0 Å². The minimum atomic E-state index is -0.615. The fraction of sp³-hybridized carbons (Fsp3) is 0. The molecule has 0 spiro atoms. The largest absolute Gasteiger partial charge is 0.393 e. The molecule has 0 radical (unpaired) electrons. The van der Waals surface area contributed by atoms with E-state index < -0.39 is 11.6 Å². The van der Waals surface area contributed by atoms with Gasteiger partial charge in [0.2, 0.25) is 0 Å². The first-order valence-corrected chi connectivity index (χ1v) is 7.67. The van der Waals surface area contributed by atoms with Gasteiger partial charge in [-0.05, 0) is 30.3 Å². The molecular weight excluding hydrogens is 380 g/mol. The molecule has 1 heterocycles. The molecule has 5 nitrogen and oxygen atoms in total. The van der Waals surface area contributed by atoms with Gasteiger partial charge in [-0.3, -0.25) is 0 Å². The summed E-state index contributed by atoms with van der Waals surface area (Å²) in [6.07, 6.45) is 1.27. The maximum atomic E-state index is 13.7. The maximum Gasteiger partial charge on any atom is 0.159 e. The summed E-state index contributed by atoms with van der Waals surface area (Å²) in [5, 5.41) is 5.73. The van der Waals surface area contributed by atoms with Crippen LogP contribution in [0.5, 0.6) is 0 Å². The molecule has 0 saturated heterocycles. The highest BCUT2D eigenvalue weighted by atomic mass is 79.9. The summed E-state index contributed by atoms with van der Waals surface area (Å²) in [5.41, 5.74) is 6.91. The number of hydrogen-bond acceptors (Lipinski definition) is 5. The molecule has 0 atom stereocenters. The van der Waals surface area contributed by atoms with Crippen LogP contribution in [-0.4, -0.2) is 9.97 Å². The van der Waals surface area contributed by atoms with E-state index in [9.17, 15) is 8.78 Å². The summed E-state index contributed by atoms with van der Waals surface area (Å²) in [4.78, 5) is 8.05. The first kappa shape index (κ1) is 16.1. The third-order valence-corrected chi connectivity index (χ3v) is 3.65. The molecule has 0 saturated carbocycles. The second-order valence-electron chi connectivity index (χ2n) is 4.87. The summed E-state index contributed by atoms with van der Waals surface area (Å²) in [6, 6.07) is 10.5. The van der Waals surface area contributed by atoms with Crippen LogP contribution in [0.1, 0.15) is 0 Å². The van der Waals surface area contributed by atoms with Crippen molar-refractivity contribution in [3.8, 4) is 0 Å². The summed E-state index contributed by atoms with van der Waals surface area (Å²) in [6.45, 7) is 0. The third kappa shape index (κ3) is 3.60.